The third kappa shape index (κ3) is 4.35. The Labute approximate surface area is 132 Å². The molecule has 2 rings (SSSR count). The van der Waals surface area contributed by atoms with Crippen LogP contribution in [0, 0.1) is 5.82 Å². The van der Waals surface area contributed by atoms with Gasteiger partial charge in [-0.05, 0) is 35.7 Å². The van der Waals surface area contributed by atoms with Gasteiger partial charge < -0.3 is 4.74 Å². The molecule has 2 aromatic rings. The van der Waals surface area contributed by atoms with Gasteiger partial charge in [-0.3, -0.25) is 11.3 Å². The summed E-state index contributed by atoms with van der Waals surface area (Å²) in [6, 6.07) is 14.5. The molecule has 112 valence electrons. The predicted molar refractivity (Wildman–Crippen MR) is 85.1 cm³/mol. The van der Waals surface area contributed by atoms with Crippen LogP contribution in [0.1, 0.15) is 17.2 Å². The van der Waals surface area contributed by atoms with Gasteiger partial charge in [0.1, 0.15) is 5.82 Å². The summed E-state index contributed by atoms with van der Waals surface area (Å²) >= 11 is 3.30. The van der Waals surface area contributed by atoms with Crippen LogP contribution >= 0.6 is 15.9 Å². The number of halogens is 2. The van der Waals surface area contributed by atoms with Crippen molar-refractivity contribution in [1.29, 1.82) is 0 Å². The first-order valence-electron chi connectivity index (χ1n) is 6.63. The summed E-state index contributed by atoms with van der Waals surface area (Å²) in [5.41, 5.74) is 4.65. The monoisotopic (exact) mass is 352 g/mol. The van der Waals surface area contributed by atoms with Crippen molar-refractivity contribution in [1.82, 2.24) is 5.43 Å². The van der Waals surface area contributed by atoms with Crippen LogP contribution in [-0.4, -0.2) is 13.2 Å². The minimum atomic E-state index is -0.274. The van der Waals surface area contributed by atoms with Crippen LogP contribution in [0.5, 0.6) is 0 Å². The molecule has 0 amide bonds. The quantitative estimate of drug-likeness (QED) is 0.619. The SMILES string of the molecule is COC(c1ccccc1)C(Cc1cc(F)cc(Br)c1)NN. The van der Waals surface area contributed by atoms with Crippen LogP contribution in [0.15, 0.2) is 53.0 Å². The Morgan fingerprint density at radius 3 is 2.52 bits per heavy atom. The van der Waals surface area contributed by atoms with Gasteiger partial charge in [-0.1, -0.05) is 46.3 Å². The zero-order valence-electron chi connectivity index (χ0n) is 11.7. The van der Waals surface area contributed by atoms with E-state index in [9.17, 15) is 4.39 Å². The average Bonchev–Trinajstić information content (AvgIpc) is 2.47. The molecule has 2 aromatic carbocycles. The fraction of sp³-hybridized carbons (Fsp3) is 0.250. The summed E-state index contributed by atoms with van der Waals surface area (Å²) in [6.45, 7) is 0. The van der Waals surface area contributed by atoms with E-state index < -0.39 is 0 Å². The number of hydrogen-bond donors (Lipinski definition) is 2. The first kappa shape index (κ1) is 16.1. The van der Waals surface area contributed by atoms with Gasteiger partial charge in [0.15, 0.2) is 0 Å². The summed E-state index contributed by atoms with van der Waals surface area (Å²) in [5.74, 6) is 5.40. The Kier molecular flexibility index (Phi) is 5.87. The number of ether oxygens (including phenoxy) is 1. The highest BCUT2D eigenvalue weighted by molar-refractivity contribution is 9.10. The van der Waals surface area contributed by atoms with Crippen molar-refractivity contribution in [2.45, 2.75) is 18.6 Å². The molecule has 0 aliphatic rings. The van der Waals surface area contributed by atoms with Crippen molar-refractivity contribution in [3.05, 3.63) is 69.9 Å². The molecule has 0 spiro atoms. The van der Waals surface area contributed by atoms with Gasteiger partial charge >= 0.3 is 0 Å². The highest BCUT2D eigenvalue weighted by atomic mass is 79.9. The molecule has 21 heavy (non-hydrogen) atoms. The van der Waals surface area contributed by atoms with Crippen LogP contribution in [0.2, 0.25) is 0 Å². The summed E-state index contributed by atoms with van der Waals surface area (Å²) in [4.78, 5) is 0. The maximum atomic E-state index is 13.5. The molecule has 0 radical (unpaired) electrons. The molecule has 0 saturated carbocycles. The lowest BCUT2D eigenvalue weighted by Crippen LogP contribution is -2.42. The van der Waals surface area contributed by atoms with Crippen LogP contribution < -0.4 is 11.3 Å². The number of nitrogens with two attached hydrogens (primary N) is 1. The molecule has 2 unspecified atom stereocenters. The molecule has 3 nitrogen and oxygen atoms in total. The van der Waals surface area contributed by atoms with Gasteiger partial charge in [-0.25, -0.2) is 4.39 Å². The standard InChI is InChI=1S/C16H18BrFN2O/c1-21-16(12-5-3-2-4-6-12)15(20-19)9-11-7-13(17)10-14(18)8-11/h2-8,10,15-16,20H,9,19H2,1H3. The molecule has 0 heterocycles. The predicted octanol–water partition coefficient (Wildman–Crippen LogP) is 3.35. The molecular weight excluding hydrogens is 335 g/mol. The van der Waals surface area contributed by atoms with Crippen molar-refractivity contribution < 1.29 is 9.13 Å². The molecule has 0 aromatic heterocycles. The van der Waals surface area contributed by atoms with Crippen LogP contribution in [0.4, 0.5) is 4.39 Å². The average molecular weight is 353 g/mol. The Balaban J connectivity index is 2.21. The molecule has 0 aliphatic heterocycles. The lowest BCUT2D eigenvalue weighted by atomic mass is 9.96. The number of hydrazine groups is 1. The van der Waals surface area contributed by atoms with Crippen LogP contribution in [0.25, 0.3) is 0 Å². The minimum Gasteiger partial charge on any atom is -0.375 e. The van der Waals surface area contributed by atoms with Crippen molar-refractivity contribution in [2.24, 2.45) is 5.84 Å². The van der Waals surface area contributed by atoms with Gasteiger partial charge in [0.2, 0.25) is 0 Å². The second-order valence-corrected chi connectivity index (χ2v) is 5.74. The fourth-order valence-corrected chi connectivity index (χ4v) is 2.92. The van der Waals surface area contributed by atoms with Crippen molar-refractivity contribution >= 4 is 15.9 Å². The molecule has 5 heteroatoms. The van der Waals surface area contributed by atoms with E-state index in [1.165, 1.54) is 12.1 Å². The summed E-state index contributed by atoms with van der Waals surface area (Å²) < 4.78 is 19.8. The van der Waals surface area contributed by atoms with E-state index in [1.807, 2.05) is 36.4 Å². The lowest BCUT2D eigenvalue weighted by Gasteiger charge is -2.26. The number of benzene rings is 2. The highest BCUT2D eigenvalue weighted by Gasteiger charge is 2.22. The first-order chi connectivity index (χ1) is 10.1. The Morgan fingerprint density at radius 2 is 1.95 bits per heavy atom. The molecular formula is C16H18BrFN2O. The van der Waals surface area contributed by atoms with E-state index in [-0.39, 0.29) is 18.0 Å². The highest BCUT2D eigenvalue weighted by Crippen LogP contribution is 2.24. The van der Waals surface area contributed by atoms with Crippen molar-refractivity contribution in [3.8, 4) is 0 Å². The van der Waals surface area contributed by atoms with Gasteiger partial charge in [-0.15, -0.1) is 0 Å². The van der Waals surface area contributed by atoms with Crippen molar-refractivity contribution in [3.63, 3.8) is 0 Å². The second-order valence-electron chi connectivity index (χ2n) is 4.82. The molecule has 0 saturated heterocycles. The number of hydrogen-bond acceptors (Lipinski definition) is 3. The van der Waals surface area contributed by atoms with E-state index in [4.69, 9.17) is 10.6 Å². The topological polar surface area (TPSA) is 47.3 Å². The Morgan fingerprint density at radius 1 is 1.24 bits per heavy atom. The minimum absolute atomic E-state index is 0.161. The normalized spacial score (nSPS) is 13.9. The Hall–Kier alpha value is -1.27. The largest absolute Gasteiger partial charge is 0.375 e. The van der Waals surface area contributed by atoms with Crippen LogP contribution in [0.3, 0.4) is 0 Å². The molecule has 0 aliphatic carbocycles. The smallest absolute Gasteiger partial charge is 0.124 e. The summed E-state index contributed by atoms with van der Waals surface area (Å²) in [7, 11) is 1.64. The van der Waals surface area contributed by atoms with E-state index in [0.29, 0.717) is 10.9 Å². The van der Waals surface area contributed by atoms with Gasteiger partial charge in [0.25, 0.3) is 0 Å². The molecule has 0 fully saturated rings. The summed E-state index contributed by atoms with van der Waals surface area (Å²) in [5, 5.41) is 0. The van der Waals surface area contributed by atoms with Crippen LogP contribution in [-0.2, 0) is 11.2 Å². The zero-order chi connectivity index (χ0) is 15.2. The van der Waals surface area contributed by atoms with Gasteiger partial charge in [0, 0.05) is 11.6 Å². The molecule has 3 N–H and O–H groups in total. The first-order valence-corrected chi connectivity index (χ1v) is 7.42. The maximum Gasteiger partial charge on any atom is 0.124 e. The van der Waals surface area contributed by atoms with E-state index in [1.54, 1.807) is 7.11 Å². The zero-order valence-corrected chi connectivity index (χ0v) is 13.3. The number of nitrogens with one attached hydrogen (secondary N) is 1. The van der Waals surface area contributed by atoms with E-state index in [2.05, 4.69) is 21.4 Å². The molecule has 2 atom stereocenters. The molecule has 0 bridgehead atoms. The summed E-state index contributed by atoms with van der Waals surface area (Å²) in [6.07, 6.45) is 0.346. The fourth-order valence-electron chi connectivity index (χ4n) is 2.41. The van der Waals surface area contributed by atoms with Crippen molar-refractivity contribution in [2.75, 3.05) is 7.11 Å². The van der Waals surface area contributed by atoms with E-state index >= 15 is 0 Å². The number of rotatable bonds is 6. The lowest BCUT2D eigenvalue weighted by molar-refractivity contribution is 0.0678. The van der Waals surface area contributed by atoms with Gasteiger partial charge in [-0.2, -0.15) is 0 Å². The second kappa shape index (κ2) is 7.66. The number of methoxy groups -OCH3 is 1. The van der Waals surface area contributed by atoms with E-state index in [0.717, 1.165) is 11.1 Å². The van der Waals surface area contributed by atoms with Gasteiger partial charge in [0.05, 0.1) is 12.1 Å². The third-order valence-electron chi connectivity index (χ3n) is 3.34. The third-order valence-corrected chi connectivity index (χ3v) is 3.80. The Bertz CT molecular complexity index is 559. The maximum absolute atomic E-state index is 13.5.